The highest BCUT2D eigenvalue weighted by Gasteiger charge is 2.70. The van der Waals surface area contributed by atoms with E-state index in [1.54, 1.807) is 0 Å². The van der Waals surface area contributed by atoms with Crippen LogP contribution in [0.4, 0.5) is 10.1 Å². The zero-order chi connectivity index (χ0) is 24.2. The Kier molecular flexibility index (Phi) is 5.04. The van der Waals surface area contributed by atoms with Gasteiger partial charge in [0.2, 0.25) is 17.7 Å². The molecule has 1 spiro atoms. The van der Waals surface area contributed by atoms with Crippen LogP contribution in [0.25, 0.3) is 0 Å². The zero-order valence-corrected chi connectivity index (χ0v) is 18.9. The molecule has 0 unspecified atom stereocenters. The molecule has 6 nitrogen and oxygen atoms in total. The van der Waals surface area contributed by atoms with E-state index in [2.05, 4.69) is 10.6 Å². The molecule has 0 aliphatic carbocycles. The van der Waals surface area contributed by atoms with Gasteiger partial charge in [0.1, 0.15) is 11.4 Å². The van der Waals surface area contributed by atoms with Gasteiger partial charge >= 0.3 is 0 Å². The first-order chi connectivity index (χ1) is 17.0. The van der Waals surface area contributed by atoms with Crippen LogP contribution in [0.5, 0.6) is 0 Å². The van der Waals surface area contributed by atoms with Crippen LogP contribution >= 0.6 is 0 Å². The summed E-state index contributed by atoms with van der Waals surface area (Å²) in [6.45, 7) is 0.237. The van der Waals surface area contributed by atoms with Crippen molar-refractivity contribution in [2.75, 3.05) is 11.9 Å². The summed E-state index contributed by atoms with van der Waals surface area (Å²) in [5.74, 6) is -3.25. The summed E-state index contributed by atoms with van der Waals surface area (Å²) in [4.78, 5) is 42.3. The van der Waals surface area contributed by atoms with E-state index in [1.165, 1.54) is 23.1 Å². The first-order valence-electron chi connectivity index (χ1n) is 11.8. The Balaban J connectivity index is 1.41. The topological polar surface area (TPSA) is 78.5 Å². The smallest absolute Gasteiger partial charge is 0.250 e. The fourth-order valence-corrected chi connectivity index (χ4v) is 5.98. The Morgan fingerprint density at radius 1 is 0.857 bits per heavy atom. The van der Waals surface area contributed by atoms with Crippen molar-refractivity contribution in [2.45, 2.75) is 24.4 Å². The second-order valence-corrected chi connectivity index (χ2v) is 9.46. The number of amides is 3. The molecular weight excluding hydrogens is 445 g/mol. The van der Waals surface area contributed by atoms with Gasteiger partial charge in [-0.05, 0) is 42.2 Å². The molecule has 2 saturated heterocycles. The van der Waals surface area contributed by atoms with Crippen molar-refractivity contribution in [1.82, 2.24) is 10.2 Å². The lowest BCUT2D eigenvalue weighted by Crippen LogP contribution is -2.53. The van der Waals surface area contributed by atoms with Crippen molar-refractivity contribution in [3.05, 3.63) is 101 Å². The summed E-state index contributed by atoms with van der Waals surface area (Å²) in [7, 11) is 0. The van der Waals surface area contributed by atoms with E-state index in [0.717, 1.165) is 11.1 Å². The third kappa shape index (κ3) is 3.30. The average Bonchev–Trinajstić information content (AvgIpc) is 3.44. The molecule has 0 bridgehead atoms. The number of carbonyl (C=O) groups is 3. The van der Waals surface area contributed by atoms with Crippen molar-refractivity contribution in [1.29, 1.82) is 0 Å². The normalized spacial score (nSPS) is 26.8. The van der Waals surface area contributed by atoms with E-state index in [0.29, 0.717) is 24.1 Å². The number of imide groups is 1. The SMILES string of the molecule is O=C1[C@H]2[C@@H](C(=O)N1CCc1ccccc1)[C@@]1(N[C@@H]2Cc2ccccc2)C(=O)Nc2ccc(F)cc21. The number of fused-ring (bicyclic) bond motifs is 4. The third-order valence-corrected chi connectivity index (χ3v) is 7.53. The van der Waals surface area contributed by atoms with Crippen molar-refractivity contribution >= 4 is 23.4 Å². The zero-order valence-electron chi connectivity index (χ0n) is 18.9. The maximum absolute atomic E-state index is 14.3. The Hall–Kier alpha value is -3.84. The molecule has 7 heteroatoms. The molecule has 0 saturated carbocycles. The van der Waals surface area contributed by atoms with Crippen LogP contribution in [0.2, 0.25) is 0 Å². The molecule has 3 amide bonds. The maximum Gasteiger partial charge on any atom is 0.250 e. The van der Waals surface area contributed by atoms with E-state index in [1.807, 2.05) is 60.7 Å². The van der Waals surface area contributed by atoms with Crippen LogP contribution in [-0.2, 0) is 32.8 Å². The molecule has 0 aromatic heterocycles. The predicted molar refractivity (Wildman–Crippen MR) is 128 cm³/mol. The van der Waals surface area contributed by atoms with Crippen LogP contribution in [-0.4, -0.2) is 35.2 Å². The molecule has 3 aromatic carbocycles. The molecule has 3 aliphatic heterocycles. The molecular formula is C28H24FN3O3. The highest BCUT2D eigenvalue weighted by Crippen LogP contribution is 2.53. The van der Waals surface area contributed by atoms with Crippen molar-refractivity contribution < 1.29 is 18.8 Å². The highest BCUT2D eigenvalue weighted by atomic mass is 19.1. The number of anilines is 1. The summed E-state index contributed by atoms with van der Waals surface area (Å²) in [6.07, 6.45) is 0.992. The number of hydrogen-bond donors (Lipinski definition) is 2. The molecule has 3 aromatic rings. The van der Waals surface area contributed by atoms with E-state index in [4.69, 9.17) is 0 Å². The Bertz CT molecular complexity index is 1330. The van der Waals surface area contributed by atoms with E-state index in [-0.39, 0.29) is 18.4 Å². The predicted octanol–water partition coefficient (Wildman–Crippen LogP) is 3.03. The summed E-state index contributed by atoms with van der Waals surface area (Å²) in [5, 5.41) is 6.17. The van der Waals surface area contributed by atoms with E-state index in [9.17, 15) is 18.8 Å². The number of halogens is 1. The molecule has 3 aliphatic rings. The molecule has 6 rings (SSSR count). The van der Waals surface area contributed by atoms with E-state index < -0.39 is 35.1 Å². The molecule has 35 heavy (non-hydrogen) atoms. The number of likely N-dealkylation sites (tertiary alicyclic amines) is 1. The van der Waals surface area contributed by atoms with Crippen LogP contribution < -0.4 is 10.6 Å². The number of carbonyl (C=O) groups excluding carboxylic acids is 3. The fourth-order valence-electron chi connectivity index (χ4n) is 5.98. The third-order valence-electron chi connectivity index (χ3n) is 7.53. The lowest BCUT2D eigenvalue weighted by Gasteiger charge is -2.29. The number of nitrogens with one attached hydrogen (secondary N) is 2. The summed E-state index contributed by atoms with van der Waals surface area (Å²) >= 11 is 0. The minimum Gasteiger partial charge on any atom is -0.324 e. The molecule has 3 heterocycles. The first kappa shape index (κ1) is 21.7. The quantitative estimate of drug-likeness (QED) is 0.563. The number of hydrogen-bond acceptors (Lipinski definition) is 4. The van der Waals surface area contributed by atoms with Gasteiger partial charge < -0.3 is 5.32 Å². The second kappa shape index (κ2) is 8.13. The number of rotatable bonds is 5. The van der Waals surface area contributed by atoms with Crippen LogP contribution in [0.1, 0.15) is 16.7 Å². The number of benzene rings is 3. The van der Waals surface area contributed by atoms with Gasteiger partial charge in [-0.1, -0.05) is 60.7 Å². The Morgan fingerprint density at radius 3 is 2.26 bits per heavy atom. The van der Waals surface area contributed by atoms with Gasteiger partial charge in [-0.2, -0.15) is 0 Å². The summed E-state index contributed by atoms with van der Waals surface area (Å²) < 4.78 is 14.3. The van der Waals surface area contributed by atoms with Gasteiger partial charge in [0.15, 0.2) is 0 Å². The molecule has 4 atom stereocenters. The summed E-state index contributed by atoms with van der Waals surface area (Å²) in [5.41, 5.74) is 1.37. The van der Waals surface area contributed by atoms with Crippen LogP contribution in [0, 0.1) is 17.7 Å². The van der Waals surface area contributed by atoms with Crippen molar-refractivity contribution in [3.8, 4) is 0 Å². The fraction of sp³-hybridized carbons (Fsp3) is 0.250. The molecule has 2 fully saturated rings. The first-order valence-corrected chi connectivity index (χ1v) is 11.8. The van der Waals surface area contributed by atoms with Gasteiger partial charge in [-0.25, -0.2) is 4.39 Å². The maximum atomic E-state index is 14.3. The lowest BCUT2D eigenvalue weighted by molar-refractivity contribution is -0.142. The van der Waals surface area contributed by atoms with Gasteiger partial charge in [0.05, 0.1) is 11.8 Å². The monoisotopic (exact) mass is 469 g/mol. The average molecular weight is 470 g/mol. The van der Waals surface area contributed by atoms with Gasteiger partial charge in [0.25, 0.3) is 0 Å². The van der Waals surface area contributed by atoms with Crippen LogP contribution in [0.15, 0.2) is 78.9 Å². The standard InChI is InChI=1S/C28H24FN3O3/c29-19-11-12-21-20(16-19)28(27(35)30-21)24-23(22(31-28)15-18-9-5-2-6-10-18)25(33)32(26(24)34)14-13-17-7-3-1-4-8-17/h1-12,16,22-24,31H,13-15H2,(H,30,35)/t22-,23-,24+,28-/m1/s1. The Labute approximate surface area is 202 Å². The number of nitrogens with zero attached hydrogens (tertiary/aromatic N) is 1. The van der Waals surface area contributed by atoms with Crippen molar-refractivity contribution in [2.24, 2.45) is 11.8 Å². The minimum absolute atomic E-state index is 0.237. The van der Waals surface area contributed by atoms with E-state index >= 15 is 0 Å². The largest absolute Gasteiger partial charge is 0.324 e. The van der Waals surface area contributed by atoms with Crippen LogP contribution in [0.3, 0.4) is 0 Å². The lowest BCUT2D eigenvalue weighted by atomic mass is 9.76. The molecule has 0 radical (unpaired) electrons. The van der Waals surface area contributed by atoms with Crippen molar-refractivity contribution in [3.63, 3.8) is 0 Å². The minimum atomic E-state index is -1.49. The van der Waals surface area contributed by atoms with Gasteiger partial charge in [0, 0.05) is 23.8 Å². The summed E-state index contributed by atoms with van der Waals surface area (Å²) in [6, 6.07) is 22.9. The molecule has 176 valence electrons. The van der Waals surface area contributed by atoms with Gasteiger partial charge in [-0.15, -0.1) is 0 Å². The highest BCUT2D eigenvalue weighted by molar-refractivity contribution is 6.15. The second-order valence-electron chi connectivity index (χ2n) is 9.46. The van der Waals surface area contributed by atoms with Gasteiger partial charge in [-0.3, -0.25) is 24.6 Å². The molecule has 2 N–H and O–H groups in total. The Morgan fingerprint density at radius 2 is 1.54 bits per heavy atom.